The molecule has 0 bridgehead atoms. The number of carboxylic acids is 1. The SMILES string of the molecule is CN(CC(=O)O)C(=O)CCCNC(=O)c1ccc(F)cc1. The Hall–Kier alpha value is -2.44. The van der Waals surface area contributed by atoms with Gasteiger partial charge in [0.25, 0.3) is 5.91 Å². The van der Waals surface area contributed by atoms with Crippen molar-refractivity contribution in [2.75, 3.05) is 20.1 Å². The van der Waals surface area contributed by atoms with Gasteiger partial charge in [-0.2, -0.15) is 0 Å². The van der Waals surface area contributed by atoms with Crippen molar-refractivity contribution in [2.45, 2.75) is 12.8 Å². The van der Waals surface area contributed by atoms with E-state index in [4.69, 9.17) is 5.11 Å². The van der Waals surface area contributed by atoms with E-state index in [1.807, 2.05) is 0 Å². The summed E-state index contributed by atoms with van der Waals surface area (Å²) < 4.78 is 12.7. The number of aliphatic carboxylic acids is 1. The maximum Gasteiger partial charge on any atom is 0.323 e. The van der Waals surface area contributed by atoms with E-state index >= 15 is 0 Å². The molecular weight excluding hydrogens is 279 g/mol. The summed E-state index contributed by atoms with van der Waals surface area (Å²) in [6.45, 7) is -0.0658. The van der Waals surface area contributed by atoms with E-state index in [2.05, 4.69) is 5.32 Å². The molecule has 1 aromatic rings. The predicted octanol–water partition coefficient (Wildman–Crippen LogP) is 0.879. The third-order valence-corrected chi connectivity index (χ3v) is 2.76. The van der Waals surface area contributed by atoms with Crippen LogP contribution >= 0.6 is 0 Å². The van der Waals surface area contributed by atoms with Crippen LogP contribution in [0.1, 0.15) is 23.2 Å². The fourth-order valence-corrected chi connectivity index (χ4v) is 1.63. The molecule has 2 N–H and O–H groups in total. The predicted molar refractivity (Wildman–Crippen MR) is 73.2 cm³/mol. The van der Waals surface area contributed by atoms with Crippen LogP contribution in [0.4, 0.5) is 4.39 Å². The molecule has 0 fully saturated rings. The van der Waals surface area contributed by atoms with E-state index in [1.54, 1.807) is 0 Å². The number of carbonyl (C=O) groups is 3. The van der Waals surface area contributed by atoms with Gasteiger partial charge < -0.3 is 15.3 Å². The molecule has 6 nitrogen and oxygen atoms in total. The molecule has 0 radical (unpaired) electrons. The monoisotopic (exact) mass is 296 g/mol. The number of likely N-dealkylation sites (N-methyl/N-ethyl adjacent to an activating group) is 1. The molecule has 21 heavy (non-hydrogen) atoms. The number of benzene rings is 1. The van der Waals surface area contributed by atoms with Gasteiger partial charge in [-0.3, -0.25) is 14.4 Å². The van der Waals surface area contributed by atoms with Crippen molar-refractivity contribution >= 4 is 17.8 Å². The molecule has 0 aliphatic carbocycles. The van der Waals surface area contributed by atoms with Crippen molar-refractivity contribution in [3.8, 4) is 0 Å². The molecule has 0 atom stereocenters. The highest BCUT2D eigenvalue weighted by Gasteiger charge is 2.11. The summed E-state index contributed by atoms with van der Waals surface area (Å²) in [6, 6.07) is 5.13. The summed E-state index contributed by atoms with van der Waals surface area (Å²) in [5.41, 5.74) is 0.339. The lowest BCUT2D eigenvalue weighted by atomic mass is 10.2. The first-order valence-electron chi connectivity index (χ1n) is 6.39. The maximum absolute atomic E-state index is 12.7. The third kappa shape index (κ3) is 6.03. The van der Waals surface area contributed by atoms with Gasteiger partial charge in [-0.1, -0.05) is 0 Å². The normalized spacial score (nSPS) is 10.0. The van der Waals surface area contributed by atoms with Gasteiger partial charge in [-0.25, -0.2) is 4.39 Å². The summed E-state index contributed by atoms with van der Waals surface area (Å²) in [7, 11) is 1.41. The Kier molecular flexibility index (Phi) is 6.32. The first kappa shape index (κ1) is 16.6. The van der Waals surface area contributed by atoms with Crippen molar-refractivity contribution in [1.29, 1.82) is 0 Å². The molecule has 1 rings (SSSR count). The lowest BCUT2D eigenvalue weighted by Crippen LogP contribution is -2.32. The average molecular weight is 296 g/mol. The van der Waals surface area contributed by atoms with Crippen molar-refractivity contribution in [3.05, 3.63) is 35.6 Å². The molecule has 0 saturated carbocycles. The molecule has 0 aromatic heterocycles. The van der Waals surface area contributed by atoms with E-state index in [0.717, 1.165) is 4.90 Å². The van der Waals surface area contributed by atoms with Gasteiger partial charge in [-0.05, 0) is 30.7 Å². The Morgan fingerprint density at radius 3 is 2.43 bits per heavy atom. The van der Waals surface area contributed by atoms with Gasteiger partial charge in [0.2, 0.25) is 5.91 Å². The lowest BCUT2D eigenvalue weighted by Gasteiger charge is -2.14. The van der Waals surface area contributed by atoms with Gasteiger partial charge in [0.05, 0.1) is 0 Å². The fourth-order valence-electron chi connectivity index (χ4n) is 1.63. The van der Waals surface area contributed by atoms with Gasteiger partial charge >= 0.3 is 5.97 Å². The minimum atomic E-state index is -1.07. The highest BCUT2D eigenvalue weighted by Crippen LogP contribution is 2.02. The Balaban J connectivity index is 2.27. The van der Waals surface area contributed by atoms with E-state index in [-0.39, 0.29) is 31.3 Å². The van der Waals surface area contributed by atoms with Crippen molar-refractivity contribution < 1.29 is 23.9 Å². The van der Waals surface area contributed by atoms with Gasteiger partial charge in [0, 0.05) is 25.6 Å². The molecule has 2 amide bonds. The lowest BCUT2D eigenvalue weighted by molar-refractivity contribution is -0.143. The summed E-state index contributed by atoms with van der Waals surface area (Å²) in [6.07, 6.45) is 0.545. The van der Waals surface area contributed by atoms with Crippen molar-refractivity contribution in [2.24, 2.45) is 0 Å². The van der Waals surface area contributed by atoms with E-state index in [0.29, 0.717) is 12.0 Å². The van der Waals surface area contributed by atoms with Crippen LogP contribution in [0, 0.1) is 5.82 Å². The van der Waals surface area contributed by atoms with E-state index in [9.17, 15) is 18.8 Å². The van der Waals surface area contributed by atoms with Crippen molar-refractivity contribution in [1.82, 2.24) is 10.2 Å². The van der Waals surface area contributed by atoms with Crippen LogP contribution in [0.5, 0.6) is 0 Å². The van der Waals surface area contributed by atoms with Gasteiger partial charge in [0.1, 0.15) is 12.4 Å². The smallest absolute Gasteiger partial charge is 0.323 e. The molecule has 0 heterocycles. The topological polar surface area (TPSA) is 86.7 Å². The van der Waals surface area contributed by atoms with Crippen LogP contribution in [0.15, 0.2) is 24.3 Å². The minimum Gasteiger partial charge on any atom is -0.480 e. The second-order valence-corrected chi connectivity index (χ2v) is 4.51. The Labute approximate surface area is 121 Å². The van der Waals surface area contributed by atoms with Crippen LogP contribution in [0.2, 0.25) is 0 Å². The van der Waals surface area contributed by atoms with E-state index < -0.39 is 11.8 Å². The first-order chi connectivity index (χ1) is 9.90. The first-order valence-corrected chi connectivity index (χ1v) is 6.39. The standard InChI is InChI=1S/C14H17FN2O4/c1-17(9-13(19)20)12(18)3-2-8-16-14(21)10-4-6-11(15)7-5-10/h4-7H,2-3,8-9H2,1H3,(H,16,21)(H,19,20). The molecule has 0 aliphatic heterocycles. The molecule has 0 saturated heterocycles. The zero-order chi connectivity index (χ0) is 15.8. The number of rotatable bonds is 7. The number of carbonyl (C=O) groups excluding carboxylic acids is 2. The number of hydrogen-bond donors (Lipinski definition) is 2. The van der Waals surface area contributed by atoms with Gasteiger partial charge in [0.15, 0.2) is 0 Å². The average Bonchev–Trinajstić information content (AvgIpc) is 2.43. The van der Waals surface area contributed by atoms with Crippen LogP contribution < -0.4 is 5.32 Å². The molecule has 0 spiro atoms. The van der Waals surface area contributed by atoms with Crippen LogP contribution in [0.25, 0.3) is 0 Å². The molecule has 7 heteroatoms. The molecule has 1 aromatic carbocycles. The zero-order valence-electron chi connectivity index (χ0n) is 11.6. The van der Waals surface area contributed by atoms with Gasteiger partial charge in [-0.15, -0.1) is 0 Å². The molecule has 114 valence electrons. The summed E-state index contributed by atoms with van der Waals surface area (Å²) >= 11 is 0. The number of halogens is 1. The number of nitrogens with zero attached hydrogens (tertiary/aromatic N) is 1. The summed E-state index contributed by atoms with van der Waals surface area (Å²) in [5, 5.41) is 11.2. The van der Waals surface area contributed by atoms with Crippen LogP contribution in [-0.2, 0) is 9.59 Å². The maximum atomic E-state index is 12.7. The largest absolute Gasteiger partial charge is 0.480 e. The number of amides is 2. The Morgan fingerprint density at radius 1 is 1.24 bits per heavy atom. The molecular formula is C14H17FN2O4. The highest BCUT2D eigenvalue weighted by atomic mass is 19.1. The van der Waals surface area contributed by atoms with Crippen LogP contribution in [-0.4, -0.2) is 47.9 Å². The second kappa shape index (κ2) is 7.98. The number of carboxylic acid groups (broad SMARTS) is 1. The fraction of sp³-hybridized carbons (Fsp3) is 0.357. The quantitative estimate of drug-likeness (QED) is 0.731. The molecule has 0 aliphatic rings. The third-order valence-electron chi connectivity index (χ3n) is 2.76. The highest BCUT2D eigenvalue weighted by molar-refractivity contribution is 5.94. The zero-order valence-corrected chi connectivity index (χ0v) is 11.6. The number of hydrogen-bond acceptors (Lipinski definition) is 3. The van der Waals surface area contributed by atoms with E-state index in [1.165, 1.54) is 31.3 Å². The molecule has 0 unspecified atom stereocenters. The second-order valence-electron chi connectivity index (χ2n) is 4.51. The minimum absolute atomic E-state index is 0.146. The van der Waals surface area contributed by atoms with Crippen LogP contribution in [0.3, 0.4) is 0 Å². The Bertz CT molecular complexity index is 516. The van der Waals surface area contributed by atoms with Crippen molar-refractivity contribution in [3.63, 3.8) is 0 Å². The number of nitrogens with one attached hydrogen (secondary N) is 1. The summed E-state index contributed by atoms with van der Waals surface area (Å²) in [4.78, 5) is 34.8. The Morgan fingerprint density at radius 2 is 1.86 bits per heavy atom. The summed E-state index contributed by atoms with van der Waals surface area (Å²) in [5.74, 6) is -2.14.